The fourth-order valence-corrected chi connectivity index (χ4v) is 1.35. The molecule has 0 aromatic carbocycles. The molecule has 0 aliphatic carbocycles. The maximum atomic E-state index is 10.8. The van der Waals surface area contributed by atoms with E-state index in [9.17, 15) is 4.79 Å². The molecule has 76 valence electrons. The van der Waals surface area contributed by atoms with Gasteiger partial charge in [0.2, 0.25) is 0 Å². The lowest BCUT2D eigenvalue weighted by atomic mass is 9.96. The van der Waals surface area contributed by atoms with Crippen molar-refractivity contribution in [3.8, 4) is 0 Å². The van der Waals surface area contributed by atoms with E-state index in [-0.39, 0.29) is 5.92 Å². The van der Waals surface area contributed by atoms with Crippen molar-refractivity contribution in [2.75, 3.05) is 0 Å². The molecule has 0 saturated heterocycles. The van der Waals surface area contributed by atoms with Gasteiger partial charge < -0.3 is 5.11 Å². The molecule has 0 aromatic heterocycles. The first kappa shape index (κ1) is 12.2. The van der Waals surface area contributed by atoms with Gasteiger partial charge in [-0.2, -0.15) is 0 Å². The molecular formula is C11H20O2. The van der Waals surface area contributed by atoms with Crippen LogP contribution in [0.15, 0.2) is 12.7 Å². The lowest BCUT2D eigenvalue weighted by Crippen LogP contribution is -2.13. The summed E-state index contributed by atoms with van der Waals surface area (Å²) in [4.78, 5) is 10.8. The summed E-state index contributed by atoms with van der Waals surface area (Å²) in [5.74, 6) is -0.780. The van der Waals surface area contributed by atoms with Gasteiger partial charge in [-0.3, -0.25) is 4.79 Å². The Balaban J connectivity index is 3.66. The molecule has 13 heavy (non-hydrogen) atoms. The highest BCUT2D eigenvalue weighted by Crippen LogP contribution is 2.16. The van der Waals surface area contributed by atoms with Crippen molar-refractivity contribution in [3.05, 3.63) is 12.7 Å². The van der Waals surface area contributed by atoms with Crippen LogP contribution in [0, 0.1) is 5.92 Å². The first-order valence-corrected chi connectivity index (χ1v) is 5.06. The number of unbranched alkanes of at least 4 members (excludes halogenated alkanes) is 2. The van der Waals surface area contributed by atoms with Crippen LogP contribution in [0.1, 0.15) is 45.4 Å². The van der Waals surface area contributed by atoms with Crippen molar-refractivity contribution in [1.82, 2.24) is 0 Å². The third-order valence-electron chi connectivity index (χ3n) is 2.22. The quantitative estimate of drug-likeness (QED) is 0.464. The van der Waals surface area contributed by atoms with Gasteiger partial charge in [0.1, 0.15) is 0 Å². The number of rotatable bonds is 8. The number of aliphatic carboxylic acids is 1. The molecule has 1 unspecified atom stereocenters. The van der Waals surface area contributed by atoms with Gasteiger partial charge in [0.25, 0.3) is 0 Å². The fraction of sp³-hybridized carbons (Fsp3) is 0.727. The number of hydrogen-bond acceptors (Lipinski definition) is 1. The van der Waals surface area contributed by atoms with E-state index in [1.165, 1.54) is 0 Å². The van der Waals surface area contributed by atoms with Gasteiger partial charge in [-0.05, 0) is 25.7 Å². The van der Waals surface area contributed by atoms with Crippen LogP contribution in [-0.2, 0) is 4.79 Å². The minimum absolute atomic E-state index is 0.139. The Bertz CT molecular complexity index is 152. The highest BCUT2D eigenvalue weighted by atomic mass is 16.4. The summed E-state index contributed by atoms with van der Waals surface area (Å²) in [7, 11) is 0. The molecule has 0 aliphatic rings. The molecule has 0 radical (unpaired) electrons. The van der Waals surface area contributed by atoms with E-state index in [2.05, 4.69) is 13.5 Å². The van der Waals surface area contributed by atoms with E-state index >= 15 is 0 Å². The number of carbonyl (C=O) groups is 1. The zero-order chi connectivity index (χ0) is 10.1. The van der Waals surface area contributed by atoms with Crippen molar-refractivity contribution in [2.24, 2.45) is 5.92 Å². The van der Waals surface area contributed by atoms with Crippen molar-refractivity contribution < 1.29 is 9.90 Å². The lowest BCUT2D eigenvalue weighted by molar-refractivity contribution is -0.142. The molecular weight excluding hydrogens is 164 g/mol. The summed E-state index contributed by atoms with van der Waals surface area (Å²) in [6.45, 7) is 5.70. The highest BCUT2D eigenvalue weighted by molar-refractivity contribution is 5.69. The monoisotopic (exact) mass is 184 g/mol. The Labute approximate surface area is 80.7 Å². The van der Waals surface area contributed by atoms with Crippen LogP contribution in [0.25, 0.3) is 0 Å². The van der Waals surface area contributed by atoms with E-state index in [1.54, 1.807) is 0 Å². The molecule has 0 spiro atoms. The minimum Gasteiger partial charge on any atom is -0.481 e. The predicted molar refractivity (Wildman–Crippen MR) is 54.7 cm³/mol. The van der Waals surface area contributed by atoms with Gasteiger partial charge in [-0.15, -0.1) is 6.58 Å². The Morgan fingerprint density at radius 3 is 2.54 bits per heavy atom. The van der Waals surface area contributed by atoms with Crippen LogP contribution in [-0.4, -0.2) is 11.1 Å². The standard InChI is InChI=1S/C11H20O2/c1-3-5-7-9-10(11(12)13)8-6-4-2/h3,10H,1,4-9H2,2H3,(H,12,13). The molecule has 2 nitrogen and oxygen atoms in total. The van der Waals surface area contributed by atoms with Gasteiger partial charge in [0.15, 0.2) is 0 Å². The molecule has 2 heteroatoms. The van der Waals surface area contributed by atoms with E-state index in [4.69, 9.17) is 5.11 Å². The second kappa shape index (κ2) is 7.84. The normalized spacial score (nSPS) is 12.4. The van der Waals surface area contributed by atoms with E-state index in [1.807, 2.05) is 6.08 Å². The Morgan fingerprint density at radius 2 is 2.08 bits per heavy atom. The second-order valence-corrected chi connectivity index (χ2v) is 3.40. The van der Waals surface area contributed by atoms with Crippen molar-refractivity contribution >= 4 is 5.97 Å². The molecule has 0 heterocycles. The lowest BCUT2D eigenvalue weighted by Gasteiger charge is -2.10. The predicted octanol–water partition coefficient (Wildman–Crippen LogP) is 3.23. The van der Waals surface area contributed by atoms with E-state index in [0.29, 0.717) is 0 Å². The molecule has 0 rings (SSSR count). The summed E-state index contributed by atoms with van der Waals surface area (Å²) in [6.07, 6.45) is 7.43. The maximum Gasteiger partial charge on any atom is 0.306 e. The van der Waals surface area contributed by atoms with Gasteiger partial charge in [0, 0.05) is 0 Å². The van der Waals surface area contributed by atoms with Crippen LogP contribution in [0.2, 0.25) is 0 Å². The molecule has 0 aromatic rings. The largest absolute Gasteiger partial charge is 0.481 e. The molecule has 0 saturated carbocycles. The summed E-state index contributed by atoms with van der Waals surface area (Å²) < 4.78 is 0. The summed E-state index contributed by atoms with van der Waals surface area (Å²) in [6, 6.07) is 0. The molecule has 0 aliphatic heterocycles. The van der Waals surface area contributed by atoms with Crippen molar-refractivity contribution in [2.45, 2.75) is 45.4 Å². The van der Waals surface area contributed by atoms with Crippen molar-refractivity contribution in [3.63, 3.8) is 0 Å². The number of carboxylic acids is 1. The summed E-state index contributed by atoms with van der Waals surface area (Å²) in [5, 5.41) is 8.87. The van der Waals surface area contributed by atoms with E-state index < -0.39 is 5.97 Å². The average molecular weight is 184 g/mol. The average Bonchev–Trinajstić information content (AvgIpc) is 2.10. The first-order valence-electron chi connectivity index (χ1n) is 5.06. The number of hydrogen-bond donors (Lipinski definition) is 1. The second-order valence-electron chi connectivity index (χ2n) is 3.40. The van der Waals surface area contributed by atoms with E-state index in [0.717, 1.165) is 38.5 Å². The molecule has 0 bridgehead atoms. The smallest absolute Gasteiger partial charge is 0.306 e. The summed E-state index contributed by atoms with van der Waals surface area (Å²) in [5.41, 5.74) is 0. The molecule has 1 N–H and O–H groups in total. The zero-order valence-electron chi connectivity index (χ0n) is 8.46. The third-order valence-corrected chi connectivity index (χ3v) is 2.22. The molecule has 0 fully saturated rings. The van der Waals surface area contributed by atoms with Crippen LogP contribution in [0.4, 0.5) is 0 Å². The Hall–Kier alpha value is -0.790. The Kier molecular flexibility index (Phi) is 7.36. The van der Waals surface area contributed by atoms with Gasteiger partial charge in [0.05, 0.1) is 5.92 Å². The van der Waals surface area contributed by atoms with Gasteiger partial charge >= 0.3 is 5.97 Å². The van der Waals surface area contributed by atoms with Crippen LogP contribution < -0.4 is 0 Å². The number of allylic oxidation sites excluding steroid dienone is 1. The SMILES string of the molecule is C=CCCCC(CCCC)C(=O)O. The zero-order valence-corrected chi connectivity index (χ0v) is 8.46. The van der Waals surface area contributed by atoms with Crippen molar-refractivity contribution in [1.29, 1.82) is 0 Å². The van der Waals surface area contributed by atoms with Crippen LogP contribution >= 0.6 is 0 Å². The van der Waals surface area contributed by atoms with Crippen LogP contribution in [0.3, 0.4) is 0 Å². The highest BCUT2D eigenvalue weighted by Gasteiger charge is 2.15. The van der Waals surface area contributed by atoms with Crippen LogP contribution in [0.5, 0.6) is 0 Å². The minimum atomic E-state index is -0.641. The maximum absolute atomic E-state index is 10.8. The Morgan fingerprint density at radius 1 is 1.46 bits per heavy atom. The van der Waals surface area contributed by atoms with Gasteiger partial charge in [-0.25, -0.2) is 0 Å². The topological polar surface area (TPSA) is 37.3 Å². The first-order chi connectivity index (χ1) is 6.22. The summed E-state index contributed by atoms with van der Waals surface area (Å²) >= 11 is 0. The molecule has 1 atom stereocenters. The number of carboxylic acid groups (broad SMARTS) is 1. The van der Waals surface area contributed by atoms with Gasteiger partial charge in [-0.1, -0.05) is 25.8 Å². The third kappa shape index (κ3) is 6.38. The molecule has 0 amide bonds. The fourth-order valence-electron chi connectivity index (χ4n) is 1.35.